The van der Waals surface area contributed by atoms with Crippen molar-refractivity contribution in [3.05, 3.63) is 29.8 Å². The average molecular weight is 363 g/mol. The third-order valence-corrected chi connectivity index (χ3v) is 4.91. The molecule has 0 saturated carbocycles. The average Bonchev–Trinajstić information content (AvgIpc) is 2.72. The molecule has 7 nitrogen and oxygen atoms in total. The maximum atomic E-state index is 12.0. The lowest BCUT2D eigenvalue weighted by molar-refractivity contribution is -0.122. The Morgan fingerprint density at radius 3 is 2.31 bits per heavy atom. The molecular weight excluding hydrogens is 334 g/mol. The Hall–Kier alpha value is -1.67. The molecule has 0 aliphatic carbocycles. The van der Waals surface area contributed by atoms with E-state index in [-0.39, 0.29) is 12.5 Å². The third kappa shape index (κ3) is 5.67. The zero-order valence-electron chi connectivity index (χ0n) is 15.2. The minimum absolute atomic E-state index is 0.0273. The molecule has 1 aromatic rings. The highest BCUT2D eigenvalue weighted by atomic mass is 16.5. The minimum Gasteiger partial charge on any atom is -0.387 e. The number of anilines is 1. The molecule has 1 atom stereocenters. The van der Waals surface area contributed by atoms with Gasteiger partial charge in [0.25, 0.3) is 0 Å². The first-order chi connectivity index (χ1) is 12.7. The number of carbonyl (C=O) groups is 1. The molecule has 26 heavy (non-hydrogen) atoms. The largest absolute Gasteiger partial charge is 0.387 e. The summed E-state index contributed by atoms with van der Waals surface area (Å²) in [6.07, 6.45) is -0.246. The van der Waals surface area contributed by atoms with Crippen molar-refractivity contribution in [2.75, 3.05) is 70.6 Å². The van der Waals surface area contributed by atoms with Crippen LogP contribution >= 0.6 is 0 Å². The number of carbonyl (C=O) groups excluding carboxylic acids is 1. The normalized spacial score (nSPS) is 20.0. The Morgan fingerprint density at radius 2 is 1.65 bits per heavy atom. The maximum Gasteiger partial charge on any atom is 0.221 e. The molecule has 2 heterocycles. The summed E-state index contributed by atoms with van der Waals surface area (Å²) >= 11 is 0. The Kier molecular flexibility index (Phi) is 7.25. The van der Waals surface area contributed by atoms with E-state index in [9.17, 15) is 9.90 Å². The molecule has 0 radical (unpaired) electrons. The van der Waals surface area contributed by atoms with Gasteiger partial charge in [-0.15, -0.1) is 0 Å². The van der Waals surface area contributed by atoms with E-state index in [4.69, 9.17) is 9.47 Å². The predicted octanol–water partition coefficient (Wildman–Crippen LogP) is 0.395. The first-order valence-corrected chi connectivity index (χ1v) is 9.40. The van der Waals surface area contributed by atoms with Gasteiger partial charge >= 0.3 is 0 Å². The molecular formula is C19H29N3O4. The van der Waals surface area contributed by atoms with E-state index >= 15 is 0 Å². The SMILES string of the molecule is O=C(CCN1CCOCC1)NCC(O)c1ccc(N2CCOCC2)cc1. The molecule has 3 rings (SSSR count). The minimum atomic E-state index is -0.693. The second-order valence-electron chi connectivity index (χ2n) is 6.71. The van der Waals surface area contributed by atoms with Gasteiger partial charge in [0.1, 0.15) is 0 Å². The first-order valence-electron chi connectivity index (χ1n) is 9.40. The van der Waals surface area contributed by atoms with Gasteiger partial charge in [0.05, 0.1) is 32.5 Å². The smallest absolute Gasteiger partial charge is 0.221 e. The van der Waals surface area contributed by atoms with Crippen molar-refractivity contribution in [3.8, 4) is 0 Å². The summed E-state index contributed by atoms with van der Waals surface area (Å²) in [4.78, 5) is 16.5. The van der Waals surface area contributed by atoms with Crippen LogP contribution in [0.3, 0.4) is 0 Å². The fourth-order valence-corrected chi connectivity index (χ4v) is 3.23. The van der Waals surface area contributed by atoms with Crippen LogP contribution in [0.1, 0.15) is 18.1 Å². The predicted molar refractivity (Wildman–Crippen MR) is 99.3 cm³/mol. The number of benzene rings is 1. The van der Waals surface area contributed by atoms with E-state index in [1.807, 2.05) is 24.3 Å². The second-order valence-corrected chi connectivity index (χ2v) is 6.71. The molecule has 2 fully saturated rings. The van der Waals surface area contributed by atoms with Crippen molar-refractivity contribution in [2.45, 2.75) is 12.5 Å². The fraction of sp³-hybridized carbons (Fsp3) is 0.632. The summed E-state index contributed by atoms with van der Waals surface area (Å²) in [5, 5.41) is 13.1. The molecule has 2 aliphatic rings. The van der Waals surface area contributed by atoms with Crippen molar-refractivity contribution < 1.29 is 19.4 Å². The highest BCUT2D eigenvalue weighted by Gasteiger charge is 2.15. The van der Waals surface area contributed by atoms with Crippen molar-refractivity contribution in [3.63, 3.8) is 0 Å². The van der Waals surface area contributed by atoms with Gasteiger partial charge in [-0.05, 0) is 17.7 Å². The molecule has 0 aromatic heterocycles. The number of aliphatic hydroxyl groups excluding tert-OH is 1. The van der Waals surface area contributed by atoms with E-state index in [1.165, 1.54) is 0 Å². The van der Waals surface area contributed by atoms with Gasteiger partial charge in [0, 0.05) is 51.4 Å². The lowest BCUT2D eigenvalue weighted by Crippen LogP contribution is -2.39. The molecule has 1 aromatic carbocycles. The lowest BCUT2D eigenvalue weighted by atomic mass is 10.1. The van der Waals surface area contributed by atoms with Crippen molar-refractivity contribution in [1.82, 2.24) is 10.2 Å². The molecule has 1 unspecified atom stereocenters. The van der Waals surface area contributed by atoms with Crippen LogP contribution in [0.25, 0.3) is 0 Å². The third-order valence-electron chi connectivity index (χ3n) is 4.91. The van der Waals surface area contributed by atoms with Crippen molar-refractivity contribution in [2.24, 2.45) is 0 Å². The molecule has 1 amide bonds. The summed E-state index contributed by atoms with van der Waals surface area (Å²) in [6.45, 7) is 7.49. The zero-order chi connectivity index (χ0) is 18.2. The van der Waals surface area contributed by atoms with Gasteiger partial charge in [0.2, 0.25) is 5.91 Å². The van der Waals surface area contributed by atoms with E-state index < -0.39 is 6.10 Å². The fourth-order valence-electron chi connectivity index (χ4n) is 3.23. The van der Waals surface area contributed by atoms with Crippen LogP contribution < -0.4 is 10.2 Å². The van der Waals surface area contributed by atoms with E-state index in [0.29, 0.717) is 6.42 Å². The maximum absolute atomic E-state index is 12.0. The molecule has 144 valence electrons. The number of rotatable bonds is 7. The quantitative estimate of drug-likeness (QED) is 0.730. The topological polar surface area (TPSA) is 74.3 Å². The Bertz CT molecular complexity index is 554. The number of nitrogens with zero attached hydrogens (tertiary/aromatic N) is 2. The van der Waals surface area contributed by atoms with E-state index in [0.717, 1.165) is 70.4 Å². The lowest BCUT2D eigenvalue weighted by Gasteiger charge is -2.29. The van der Waals surface area contributed by atoms with Crippen LogP contribution in [0.4, 0.5) is 5.69 Å². The molecule has 0 bridgehead atoms. The summed E-state index contributed by atoms with van der Waals surface area (Å²) in [5.41, 5.74) is 1.95. The molecule has 2 saturated heterocycles. The van der Waals surface area contributed by atoms with Crippen LogP contribution in [-0.4, -0.2) is 81.6 Å². The van der Waals surface area contributed by atoms with Gasteiger partial charge in [0.15, 0.2) is 0 Å². The van der Waals surface area contributed by atoms with Crippen molar-refractivity contribution >= 4 is 11.6 Å². The number of aliphatic hydroxyl groups is 1. The van der Waals surface area contributed by atoms with Crippen molar-refractivity contribution in [1.29, 1.82) is 0 Å². The highest BCUT2D eigenvalue weighted by molar-refractivity contribution is 5.76. The number of morpholine rings is 2. The van der Waals surface area contributed by atoms with Gasteiger partial charge in [-0.2, -0.15) is 0 Å². The number of nitrogens with one attached hydrogen (secondary N) is 1. The Morgan fingerprint density at radius 1 is 1.04 bits per heavy atom. The van der Waals surface area contributed by atoms with Crippen LogP contribution in [0, 0.1) is 0 Å². The van der Waals surface area contributed by atoms with Crippen LogP contribution in [0.15, 0.2) is 24.3 Å². The molecule has 2 aliphatic heterocycles. The van der Waals surface area contributed by atoms with Gasteiger partial charge in [-0.1, -0.05) is 12.1 Å². The zero-order valence-corrected chi connectivity index (χ0v) is 15.2. The summed E-state index contributed by atoms with van der Waals surface area (Å²) in [6, 6.07) is 7.89. The van der Waals surface area contributed by atoms with Gasteiger partial charge in [-0.3, -0.25) is 9.69 Å². The molecule has 0 spiro atoms. The Balaban J connectivity index is 1.39. The van der Waals surface area contributed by atoms with Gasteiger partial charge in [-0.25, -0.2) is 0 Å². The van der Waals surface area contributed by atoms with E-state index in [1.54, 1.807) is 0 Å². The summed E-state index contributed by atoms with van der Waals surface area (Å²) < 4.78 is 10.7. The summed E-state index contributed by atoms with van der Waals surface area (Å²) in [7, 11) is 0. The number of amides is 1. The molecule has 7 heteroatoms. The van der Waals surface area contributed by atoms with Crippen LogP contribution in [-0.2, 0) is 14.3 Å². The van der Waals surface area contributed by atoms with E-state index in [2.05, 4.69) is 15.1 Å². The number of ether oxygens (including phenoxy) is 2. The first kappa shape index (κ1) is 19.1. The summed E-state index contributed by atoms with van der Waals surface area (Å²) in [5.74, 6) is -0.0273. The number of hydrogen-bond acceptors (Lipinski definition) is 6. The Labute approximate surface area is 154 Å². The number of hydrogen-bond donors (Lipinski definition) is 2. The molecule has 2 N–H and O–H groups in total. The van der Waals surface area contributed by atoms with Gasteiger partial charge < -0.3 is 24.8 Å². The standard InChI is InChI=1S/C19H29N3O4/c23-18(15-20-19(24)5-6-21-7-11-25-12-8-21)16-1-3-17(4-2-16)22-9-13-26-14-10-22/h1-4,18,23H,5-15H2,(H,20,24). The second kappa shape index (κ2) is 9.87. The highest BCUT2D eigenvalue weighted by Crippen LogP contribution is 2.20. The van der Waals surface area contributed by atoms with Crippen LogP contribution in [0.5, 0.6) is 0 Å². The van der Waals surface area contributed by atoms with Crippen LogP contribution in [0.2, 0.25) is 0 Å². The monoisotopic (exact) mass is 363 g/mol.